The van der Waals surface area contributed by atoms with Gasteiger partial charge in [0.1, 0.15) is 11.6 Å². The predicted molar refractivity (Wildman–Crippen MR) is 213 cm³/mol. The van der Waals surface area contributed by atoms with E-state index in [0.29, 0.717) is 0 Å². The maximum atomic E-state index is 14.7. The molecule has 0 nitrogen and oxygen atoms in total. The SMILES string of the molecule is CC1(C)c2ccccc2-c2ccc(C(c3ccccc3)c3ccc4c(c3)C(c3ccc(F)cc3)(c3ccc(F)cc3)c3ccc5ccccc5c3-4)cc21. The molecule has 8 aromatic rings. The molecule has 10 rings (SSSR count). The zero-order valence-corrected chi connectivity index (χ0v) is 29.6. The first-order valence-electron chi connectivity index (χ1n) is 18.3. The Morgan fingerprint density at radius 1 is 0.415 bits per heavy atom. The van der Waals surface area contributed by atoms with Gasteiger partial charge in [0.2, 0.25) is 0 Å². The van der Waals surface area contributed by atoms with Crippen LogP contribution in [-0.4, -0.2) is 0 Å². The molecule has 0 radical (unpaired) electrons. The average Bonchev–Trinajstić information content (AvgIpc) is 3.62. The van der Waals surface area contributed by atoms with Crippen LogP contribution in [0.15, 0.2) is 176 Å². The van der Waals surface area contributed by atoms with Gasteiger partial charge < -0.3 is 0 Å². The van der Waals surface area contributed by atoms with E-state index in [1.54, 1.807) is 24.3 Å². The Labute approximate surface area is 309 Å². The largest absolute Gasteiger partial charge is 0.207 e. The van der Waals surface area contributed by atoms with Crippen LogP contribution in [0.25, 0.3) is 33.0 Å². The van der Waals surface area contributed by atoms with Crippen LogP contribution >= 0.6 is 0 Å². The summed E-state index contributed by atoms with van der Waals surface area (Å²) in [5.41, 5.74) is 14.3. The summed E-state index contributed by atoms with van der Waals surface area (Å²) in [7, 11) is 0. The summed E-state index contributed by atoms with van der Waals surface area (Å²) in [6.07, 6.45) is 0. The maximum absolute atomic E-state index is 14.7. The molecule has 53 heavy (non-hydrogen) atoms. The Morgan fingerprint density at radius 3 is 1.68 bits per heavy atom. The first kappa shape index (κ1) is 31.6. The number of halogens is 2. The van der Waals surface area contributed by atoms with Gasteiger partial charge in [-0.15, -0.1) is 0 Å². The summed E-state index contributed by atoms with van der Waals surface area (Å²) < 4.78 is 29.4. The van der Waals surface area contributed by atoms with E-state index in [0.717, 1.165) is 49.7 Å². The smallest absolute Gasteiger partial charge is 0.123 e. The second-order valence-electron chi connectivity index (χ2n) is 15.1. The van der Waals surface area contributed by atoms with Gasteiger partial charge in [0.05, 0.1) is 5.41 Å². The first-order valence-corrected chi connectivity index (χ1v) is 18.3. The van der Waals surface area contributed by atoms with Crippen molar-refractivity contribution in [3.8, 4) is 22.3 Å². The molecule has 0 amide bonds. The molecule has 2 aliphatic carbocycles. The quantitative estimate of drug-likeness (QED) is 0.158. The zero-order valence-electron chi connectivity index (χ0n) is 29.6. The molecule has 0 N–H and O–H groups in total. The summed E-state index contributed by atoms with van der Waals surface area (Å²) in [6.45, 7) is 4.66. The van der Waals surface area contributed by atoms with Crippen LogP contribution in [0.2, 0.25) is 0 Å². The van der Waals surface area contributed by atoms with E-state index in [1.807, 2.05) is 24.3 Å². The topological polar surface area (TPSA) is 0 Å². The summed E-state index contributed by atoms with van der Waals surface area (Å²) in [5.74, 6) is -0.648. The molecular weight excluding hydrogens is 651 g/mol. The molecule has 0 saturated carbocycles. The third kappa shape index (κ3) is 4.58. The molecule has 0 spiro atoms. The summed E-state index contributed by atoms with van der Waals surface area (Å²) in [6, 6.07) is 60.2. The van der Waals surface area contributed by atoms with Gasteiger partial charge in [0, 0.05) is 11.3 Å². The Balaban J connectivity index is 1.27. The molecule has 0 saturated heterocycles. The van der Waals surface area contributed by atoms with Crippen molar-refractivity contribution in [3.63, 3.8) is 0 Å². The van der Waals surface area contributed by atoms with Crippen molar-refractivity contribution in [1.82, 2.24) is 0 Å². The Bertz CT molecular complexity index is 2660. The van der Waals surface area contributed by atoms with Crippen molar-refractivity contribution >= 4 is 10.8 Å². The average molecular weight is 687 g/mol. The molecule has 1 atom stereocenters. The number of fused-ring (bicyclic) bond motifs is 8. The van der Waals surface area contributed by atoms with E-state index < -0.39 is 5.41 Å². The Kier molecular flexibility index (Phi) is 6.98. The van der Waals surface area contributed by atoms with E-state index >= 15 is 0 Å². The highest BCUT2D eigenvalue weighted by Crippen LogP contribution is 2.59. The van der Waals surface area contributed by atoms with Crippen LogP contribution in [-0.2, 0) is 10.8 Å². The van der Waals surface area contributed by atoms with Crippen LogP contribution in [0.1, 0.15) is 69.8 Å². The molecule has 0 bridgehead atoms. The van der Waals surface area contributed by atoms with Gasteiger partial charge in [-0.1, -0.05) is 166 Å². The lowest BCUT2D eigenvalue weighted by Gasteiger charge is -2.34. The van der Waals surface area contributed by atoms with Crippen molar-refractivity contribution in [3.05, 3.63) is 238 Å². The van der Waals surface area contributed by atoms with Gasteiger partial charge in [0.25, 0.3) is 0 Å². The molecule has 0 aromatic heterocycles. The molecule has 2 aliphatic rings. The second-order valence-corrected chi connectivity index (χ2v) is 15.1. The molecule has 2 heteroatoms. The van der Waals surface area contributed by atoms with Gasteiger partial charge in [-0.3, -0.25) is 0 Å². The van der Waals surface area contributed by atoms with E-state index in [2.05, 4.69) is 141 Å². The van der Waals surface area contributed by atoms with Crippen molar-refractivity contribution in [2.45, 2.75) is 30.6 Å². The number of rotatable bonds is 5. The van der Waals surface area contributed by atoms with Gasteiger partial charge in [0.15, 0.2) is 0 Å². The fourth-order valence-electron chi connectivity index (χ4n) is 9.60. The second kappa shape index (κ2) is 11.7. The van der Waals surface area contributed by atoms with E-state index in [9.17, 15) is 8.78 Å². The van der Waals surface area contributed by atoms with Gasteiger partial charge in [-0.25, -0.2) is 8.78 Å². The summed E-state index contributed by atoms with van der Waals surface area (Å²) >= 11 is 0. The highest BCUT2D eigenvalue weighted by Gasteiger charge is 2.47. The molecule has 0 aliphatic heterocycles. The molecular formula is C51H36F2. The minimum atomic E-state index is -0.824. The lowest BCUT2D eigenvalue weighted by molar-refractivity contribution is 0.622. The maximum Gasteiger partial charge on any atom is 0.123 e. The zero-order chi connectivity index (χ0) is 35.9. The normalized spacial score (nSPS) is 15.0. The van der Waals surface area contributed by atoms with Crippen LogP contribution in [0.5, 0.6) is 0 Å². The number of hydrogen-bond acceptors (Lipinski definition) is 0. The summed E-state index contributed by atoms with van der Waals surface area (Å²) in [5, 5.41) is 2.31. The molecule has 0 heterocycles. The first-order chi connectivity index (χ1) is 25.9. The standard InChI is InChI=1S/C51H36F2/c1-50(2)44-15-9-8-14-41(44)42-27-16-34(30-46(42)50)48(33-11-4-3-5-12-33)35-17-28-43-47(31-35)51(36-19-23-38(52)24-20-36,37-21-25-39(53)26-22-37)45-29-18-32-10-6-7-13-40(32)49(43)45/h3-31,48H,1-2H3. The van der Waals surface area contributed by atoms with Gasteiger partial charge in [-0.2, -0.15) is 0 Å². The number of benzene rings is 8. The van der Waals surface area contributed by atoms with Crippen LogP contribution in [0, 0.1) is 11.6 Å². The monoisotopic (exact) mass is 686 g/mol. The Morgan fingerprint density at radius 2 is 0.981 bits per heavy atom. The third-order valence-corrected chi connectivity index (χ3v) is 12.0. The molecule has 1 unspecified atom stereocenters. The van der Waals surface area contributed by atoms with E-state index in [4.69, 9.17) is 0 Å². The van der Waals surface area contributed by atoms with Crippen molar-refractivity contribution < 1.29 is 8.78 Å². The fourth-order valence-corrected chi connectivity index (χ4v) is 9.60. The highest BCUT2D eigenvalue weighted by atomic mass is 19.1. The van der Waals surface area contributed by atoms with Gasteiger partial charge in [-0.05, 0) is 107 Å². The van der Waals surface area contributed by atoms with E-state index in [1.165, 1.54) is 33.4 Å². The van der Waals surface area contributed by atoms with Crippen molar-refractivity contribution in [2.75, 3.05) is 0 Å². The minimum absolute atomic E-state index is 0.0640. The van der Waals surface area contributed by atoms with Crippen LogP contribution in [0.3, 0.4) is 0 Å². The molecule has 8 aromatic carbocycles. The van der Waals surface area contributed by atoms with Crippen molar-refractivity contribution in [2.24, 2.45) is 0 Å². The predicted octanol–water partition coefficient (Wildman–Crippen LogP) is 13.0. The lowest BCUT2D eigenvalue weighted by atomic mass is 9.67. The lowest BCUT2D eigenvalue weighted by Crippen LogP contribution is -2.29. The molecule has 254 valence electrons. The minimum Gasteiger partial charge on any atom is -0.207 e. The third-order valence-electron chi connectivity index (χ3n) is 12.0. The van der Waals surface area contributed by atoms with Crippen LogP contribution in [0.4, 0.5) is 8.78 Å². The van der Waals surface area contributed by atoms with E-state index in [-0.39, 0.29) is 23.0 Å². The summed E-state index contributed by atoms with van der Waals surface area (Å²) in [4.78, 5) is 0. The molecule has 0 fully saturated rings. The van der Waals surface area contributed by atoms with Crippen LogP contribution < -0.4 is 0 Å². The fraction of sp³-hybridized carbons (Fsp3) is 0.0980. The van der Waals surface area contributed by atoms with Crippen molar-refractivity contribution in [1.29, 1.82) is 0 Å². The highest BCUT2D eigenvalue weighted by molar-refractivity contribution is 6.04. The Hall–Kier alpha value is -6.12. The van der Waals surface area contributed by atoms with Gasteiger partial charge >= 0.3 is 0 Å². The number of hydrogen-bond donors (Lipinski definition) is 0.